The van der Waals surface area contributed by atoms with Crippen molar-refractivity contribution >= 4 is 21.8 Å². The highest BCUT2D eigenvalue weighted by Gasteiger charge is 2.13. The number of fused-ring (bicyclic) bond motifs is 2. The summed E-state index contributed by atoms with van der Waals surface area (Å²) in [4.78, 5) is 14.4. The van der Waals surface area contributed by atoms with Crippen LogP contribution in [0.3, 0.4) is 0 Å². The molecule has 0 N–H and O–H groups in total. The molecule has 0 amide bonds. The maximum Gasteiger partial charge on any atom is 0.0795 e. The topological polar surface area (TPSA) is 38.7 Å². The molecule has 0 unspecified atom stereocenters. The molecule has 3 heteroatoms. The van der Waals surface area contributed by atoms with Gasteiger partial charge < -0.3 is 0 Å². The summed E-state index contributed by atoms with van der Waals surface area (Å²) in [6.45, 7) is 0. The Balaban J connectivity index is 1.65. The minimum Gasteiger partial charge on any atom is -0.256 e. The Bertz CT molecular complexity index is 1460. The molecule has 0 saturated carbocycles. The Kier molecular flexibility index (Phi) is 4.43. The average Bonchev–Trinajstić information content (AvgIpc) is 2.88. The van der Waals surface area contributed by atoms with Crippen molar-refractivity contribution in [2.45, 2.75) is 0 Å². The average molecular weight is 409 g/mol. The van der Waals surface area contributed by atoms with E-state index in [4.69, 9.17) is 4.98 Å². The quantitative estimate of drug-likeness (QED) is 0.311. The number of hydrogen-bond donors (Lipinski definition) is 0. The van der Waals surface area contributed by atoms with Crippen LogP contribution >= 0.6 is 0 Å². The largest absolute Gasteiger partial charge is 0.256 e. The summed E-state index contributed by atoms with van der Waals surface area (Å²) < 4.78 is 0. The van der Waals surface area contributed by atoms with Crippen molar-refractivity contribution in [2.24, 2.45) is 0 Å². The molecular formula is C29H19N3. The molecule has 32 heavy (non-hydrogen) atoms. The van der Waals surface area contributed by atoms with Gasteiger partial charge in [-0.2, -0.15) is 0 Å². The second kappa shape index (κ2) is 7.71. The molecule has 3 heterocycles. The van der Waals surface area contributed by atoms with Crippen LogP contribution in [-0.4, -0.2) is 15.0 Å². The molecule has 0 aliphatic carbocycles. The monoisotopic (exact) mass is 409 g/mol. The molecule has 0 radical (unpaired) electrons. The molecule has 0 fully saturated rings. The van der Waals surface area contributed by atoms with E-state index >= 15 is 0 Å². The Morgan fingerprint density at radius 1 is 0.438 bits per heavy atom. The third-order valence-corrected chi connectivity index (χ3v) is 5.75. The first-order chi connectivity index (χ1) is 15.9. The molecule has 6 rings (SSSR count). The molecular weight excluding hydrogens is 390 g/mol. The van der Waals surface area contributed by atoms with Gasteiger partial charge in [-0.15, -0.1) is 0 Å². The molecule has 3 aromatic carbocycles. The van der Waals surface area contributed by atoms with Gasteiger partial charge in [0, 0.05) is 39.9 Å². The van der Waals surface area contributed by atoms with Crippen LogP contribution in [0.4, 0.5) is 0 Å². The number of pyridine rings is 3. The van der Waals surface area contributed by atoms with Crippen molar-refractivity contribution in [1.29, 1.82) is 0 Å². The van der Waals surface area contributed by atoms with E-state index in [1.807, 2.05) is 42.7 Å². The Hall–Kier alpha value is -4.37. The fourth-order valence-electron chi connectivity index (χ4n) is 4.23. The van der Waals surface area contributed by atoms with Crippen LogP contribution in [-0.2, 0) is 0 Å². The van der Waals surface area contributed by atoms with Crippen molar-refractivity contribution in [3.63, 3.8) is 0 Å². The molecule has 0 aliphatic rings. The van der Waals surface area contributed by atoms with Crippen molar-refractivity contribution in [2.75, 3.05) is 0 Å². The molecule has 3 aromatic heterocycles. The van der Waals surface area contributed by atoms with Gasteiger partial charge in [0.2, 0.25) is 0 Å². The van der Waals surface area contributed by atoms with Crippen molar-refractivity contribution in [3.8, 4) is 33.6 Å². The van der Waals surface area contributed by atoms with Crippen molar-refractivity contribution in [1.82, 2.24) is 15.0 Å². The van der Waals surface area contributed by atoms with Gasteiger partial charge in [-0.3, -0.25) is 9.97 Å². The molecule has 0 aliphatic heterocycles. The number of rotatable bonds is 3. The summed E-state index contributed by atoms with van der Waals surface area (Å²) in [7, 11) is 0. The molecule has 0 spiro atoms. The van der Waals surface area contributed by atoms with E-state index in [-0.39, 0.29) is 0 Å². The SMILES string of the molecule is c1ccc(-c2cc(-c3cccc4cccnc34)cc(-c3cccc4cccnc34)n2)cc1. The van der Waals surface area contributed by atoms with Crippen molar-refractivity contribution < 1.29 is 0 Å². The molecule has 150 valence electrons. The van der Waals surface area contributed by atoms with E-state index in [9.17, 15) is 0 Å². The minimum atomic E-state index is 0.901. The fraction of sp³-hybridized carbons (Fsp3) is 0. The smallest absolute Gasteiger partial charge is 0.0795 e. The Labute approximate surface area is 186 Å². The number of benzene rings is 3. The van der Waals surface area contributed by atoms with Gasteiger partial charge in [0.05, 0.1) is 22.4 Å². The highest BCUT2D eigenvalue weighted by atomic mass is 14.7. The number of nitrogens with zero attached hydrogens (tertiary/aromatic N) is 3. The first-order valence-corrected chi connectivity index (χ1v) is 10.6. The summed E-state index contributed by atoms with van der Waals surface area (Å²) in [5.41, 5.74) is 8.06. The molecule has 3 nitrogen and oxygen atoms in total. The highest BCUT2D eigenvalue weighted by Crippen LogP contribution is 2.34. The lowest BCUT2D eigenvalue weighted by Crippen LogP contribution is -1.93. The summed E-state index contributed by atoms with van der Waals surface area (Å²) in [5.74, 6) is 0. The van der Waals surface area contributed by atoms with Gasteiger partial charge >= 0.3 is 0 Å². The minimum absolute atomic E-state index is 0.901. The predicted molar refractivity (Wildman–Crippen MR) is 131 cm³/mol. The zero-order valence-corrected chi connectivity index (χ0v) is 17.3. The van der Waals surface area contributed by atoms with E-state index in [0.29, 0.717) is 0 Å². The normalized spacial score (nSPS) is 11.1. The highest BCUT2D eigenvalue weighted by molar-refractivity contribution is 5.97. The lowest BCUT2D eigenvalue weighted by atomic mass is 9.97. The number of para-hydroxylation sites is 2. The second-order valence-corrected chi connectivity index (χ2v) is 7.75. The lowest BCUT2D eigenvalue weighted by molar-refractivity contribution is 1.31. The van der Waals surface area contributed by atoms with Crippen LogP contribution in [0.15, 0.2) is 116 Å². The fourth-order valence-corrected chi connectivity index (χ4v) is 4.23. The Morgan fingerprint density at radius 2 is 1.03 bits per heavy atom. The van der Waals surface area contributed by atoms with Crippen LogP contribution < -0.4 is 0 Å². The number of aromatic nitrogens is 3. The summed E-state index contributed by atoms with van der Waals surface area (Å²) in [6.07, 6.45) is 3.68. The zero-order chi connectivity index (χ0) is 21.3. The van der Waals surface area contributed by atoms with Crippen LogP contribution in [0.25, 0.3) is 55.4 Å². The van der Waals surface area contributed by atoms with E-state index < -0.39 is 0 Å². The van der Waals surface area contributed by atoms with Crippen LogP contribution in [0.5, 0.6) is 0 Å². The molecule has 0 saturated heterocycles. The second-order valence-electron chi connectivity index (χ2n) is 7.75. The van der Waals surface area contributed by atoms with E-state index in [1.165, 1.54) is 0 Å². The van der Waals surface area contributed by atoms with Gasteiger partial charge in [-0.1, -0.05) is 78.9 Å². The van der Waals surface area contributed by atoms with E-state index in [2.05, 4.69) is 82.8 Å². The number of hydrogen-bond acceptors (Lipinski definition) is 3. The maximum absolute atomic E-state index is 5.07. The van der Waals surface area contributed by atoms with Crippen LogP contribution in [0.1, 0.15) is 0 Å². The molecule has 6 aromatic rings. The summed E-state index contributed by atoms with van der Waals surface area (Å²) >= 11 is 0. The Morgan fingerprint density at radius 3 is 1.75 bits per heavy atom. The van der Waals surface area contributed by atoms with Gasteiger partial charge in [-0.25, -0.2) is 4.98 Å². The molecule has 0 atom stereocenters. The summed E-state index contributed by atoms with van der Waals surface area (Å²) in [6, 6.07) is 35.3. The first kappa shape index (κ1) is 18.4. The third kappa shape index (κ3) is 3.21. The van der Waals surface area contributed by atoms with E-state index in [1.54, 1.807) is 0 Å². The standard InChI is InChI=1S/C29H19N3/c1-2-8-20(9-3-1)26-18-23(24-14-4-10-21-12-6-16-30-28(21)24)19-27(32-26)25-15-5-11-22-13-7-17-31-29(22)25/h1-19H. The van der Waals surface area contributed by atoms with Crippen molar-refractivity contribution in [3.05, 3.63) is 116 Å². The van der Waals surface area contributed by atoms with Crippen LogP contribution in [0, 0.1) is 0 Å². The predicted octanol–water partition coefficient (Wildman–Crippen LogP) is 7.18. The van der Waals surface area contributed by atoms with Gasteiger partial charge in [-0.05, 0) is 29.8 Å². The third-order valence-electron chi connectivity index (χ3n) is 5.75. The van der Waals surface area contributed by atoms with Gasteiger partial charge in [0.15, 0.2) is 0 Å². The molecule has 0 bridgehead atoms. The summed E-state index contributed by atoms with van der Waals surface area (Å²) in [5, 5.41) is 2.22. The van der Waals surface area contributed by atoms with Gasteiger partial charge in [0.25, 0.3) is 0 Å². The van der Waals surface area contributed by atoms with Crippen LogP contribution in [0.2, 0.25) is 0 Å². The maximum atomic E-state index is 5.07. The first-order valence-electron chi connectivity index (χ1n) is 10.6. The van der Waals surface area contributed by atoms with E-state index in [0.717, 1.165) is 55.4 Å². The van der Waals surface area contributed by atoms with Gasteiger partial charge in [0.1, 0.15) is 0 Å². The lowest BCUT2D eigenvalue weighted by Gasteiger charge is -2.12. The zero-order valence-electron chi connectivity index (χ0n) is 17.3.